The van der Waals surface area contributed by atoms with Gasteiger partial charge < -0.3 is 10.6 Å². The van der Waals surface area contributed by atoms with Gasteiger partial charge in [0.05, 0.1) is 11.6 Å². The molecule has 0 bridgehead atoms. The lowest BCUT2D eigenvalue weighted by molar-refractivity contribution is 1.16. The zero-order valence-electron chi connectivity index (χ0n) is 13.8. The van der Waals surface area contributed by atoms with Gasteiger partial charge in [-0.05, 0) is 67.4 Å². The Bertz CT molecular complexity index is 922. The maximum atomic E-state index is 8.85. The highest BCUT2D eigenvalue weighted by Gasteiger charge is 2.07. The zero-order valence-corrected chi connectivity index (χ0v) is 15.4. The average Bonchev–Trinajstić information content (AvgIpc) is 2.59. The lowest BCUT2D eigenvalue weighted by Crippen LogP contribution is -2.02. The van der Waals surface area contributed by atoms with Gasteiger partial charge in [-0.15, -0.1) is 0 Å². The van der Waals surface area contributed by atoms with Gasteiger partial charge in [0.25, 0.3) is 0 Å². The highest BCUT2D eigenvalue weighted by molar-refractivity contribution is 9.10. The minimum absolute atomic E-state index is 0.488. The van der Waals surface area contributed by atoms with Crippen LogP contribution in [0.1, 0.15) is 16.7 Å². The smallest absolute Gasteiger partial charge is 0.229 e. The van der Waals surface area contributed by atoms with E-state index in [1.807, 2.05) is 18.2 Å². The van der Waals surface area contributed by atoms with Crippen LogP contribution >= 0.6 is 15.9 Å². The van der Waals surface area contributed by atoms with Crippen molar-refractivity contribution < 1.29 is 0 Å². The second-order valence-electron chi connectivity index (χ2n) is 5.62. The largest absolute Gasteiger partial charge is 0.340 e. The highest BCUT2D eigenvalue weighted by atomic mass is 79.9. The topological polar surface area (TPSA) is 73.6 Å². The third-order valence-corrected chi connectivity index (χ3v) is 4.13. The monoisotopic (exact) mass is 393 g/mol. The number of nitriles is 1. The molecule has 0 amide bonds. The van der Waals surface area contributed by atoms with Crippen molar-refractivity contribution in [3.05, 3.63) is 69.8 Å². The first-order valence-corrected chi connectivity index (χ1v) is 8.48. The molecule has 1 heterocycles. The highest BCUT2D eigenvalue weighted by Crippen LogP contribution is 2.27. The summed E-state index contributed by atoms with van der Waals surface area (Å²) in [7, 11) is 0. The van der Waals surface area contributed by atoms with Crippen LogP contribution in [0.3, 0.4) is 0 Å². The average molecular weight is 394 g/mol. The number of benzene rings is 2. The number of hydrogen-bond acceptors (Lipinski definition) is 5. The number of aromatic nitrogens is 2. The molecule has 0 aliphatic heterocycles. The van der Waals surface area contributed by atoms with Crippen molar-refractivity contribution in [3.63, 3.8) is 0 Å². The molecular weight excluding hydrogens is 378 g/mol. The number of nitrogens with zero attached hydrogens (tertiary/aromatic N) is 3. The van der Waals surface area contributed by atoms with Crippen molar-refractivity contribution in [2.24, 2.45) is 0 Å². The fraction of sp³-hybridized carbons (Fsp3) is 0.105. The molecule has 0 aliphatic carbocycles. The van der Waals surface area contributed by atoms with Crippen LogP contribution in [0.15, 0.2) is 53.1 Å². The van der Waals surface area contributed by atoms with Gasteiger partial charge >= 0.3 is 0 Å². The van der Waals surface area contributed by atoms with Crippen LogP contribution < -0.4 is 10.6 Å². The molecule has 5 nitrogen and oxygen atoms in total. The van der Waals surface area contributed by atoms with Crippen LogP contribution in [0.4, 0.5) is 23.1 Å². The summed E-state index contributed by atoms with van der Waals surface area (Å²) in [6.07, 6.45) is 1.70. The van der Waals surface area contributed by atoms with E-state index in [-0.39, 0.29) is 0 Å². The molecule has 1 aromatic heterocycles. The van der Waals surface area contributed by atoms with Crippen molar-refractivity contribution in [2.45, 2.75) is 13.8 Å². The molecule has 3 rings (SSSR count). The molecule has 25 heavy (non-hydrogen) atoms. The van der Waals surface area contributed by atoms with E-state index in [0.29, 0.717) is 17.3 Å². The molecule has 6 heteroatoms. The van der Waals surface area contributed by atoms with Gasteiger partial charge in [0, 0.05) is 22.0 Å². The molecule has 0 saturated heterocycles. The van der Waals surface area contributed by atoms with E-state index in [0.717, 1.165) is 27.0 Å². The van der Waals surface area contributed by atoms with Crippen molar-refractivity contribution in [3.8, 4) is 6.07 Å². The molecule has 2 N–H and O–H groups in total. The van der Waals surface area contributed by atoms with Crippen LogP contribution in [0, 0.1) is 25.2 Å². The van der Waals surface area contributed by atoms with E-state index in [4.69, 9.17) is 5.26 Å². The Morgan fingerprint density at radius 1 is 1.00 bits per heavy atom. The number of anilines is 4. The number of hydrogen-bond donors (Lipinski definition) is 2. The van der Waals surface area contributed by atoms with E-state index in [2.05, 4.69) is 68.6 Å². The first kappa shape index (κ1) is 16.9. The van der Waals surface area contributed by atoms with Crippen LogP contribution in [0.25, 0.3) is 0 Å². The fourth-order valence-electron chi connectivity index (χ4n) is 2.48. The summed E-state index contributed by atoms with van der Waals surface area (Å²) in [6.45, 7) is 4.11. The lowest BCUT2D eigenvalue weighted by atomic mass is 10.1. The molecular formula is C19H16BrN5. The molecule has 0 spiro atoms. The van der Waals surface area contributed by atoms with E-state index >= 15 is 0 Å². The van der Waals surface area contributed by atoms with Gasteiger partial charge in [0.15, 0.2) is 0 Å². The number of halogens is 1. The Morgan fingerprint density at radius 3 is 2.32 bits per heavy atom. The van der Waals surface area contributed by atoms with E-state index in [9.17, 15) is 0 Å². The minimum Gasteiger partial charge on any atom is -0.340 e. The quantitative estimate of drug-likeness (QED) is 0.635. The van der Waals surface area contributed by atoms with E-state index < -0.39 is 0 Å². The van der Waals surface area contributed by atoms with Gasteiger partial charge in [-0.25, -0.2) is 4.98 Å². The van der Waals surface area contributed by atoms with E-state index in [1.54, 1.807) is 18.3 Å². The number of nitrogens with one attached hydrogen (secondary N) is 2. The van der Waals surface area contributed by atoms with Gasteiger partial charge in [0.1, 0.15) is 5.82 Å². The van der Waals surface area contributed by atoms with Gasteiger partial charge in [0.2, 0.25) is 5.95 Å². The molecule has 0 radical (unpaired) electrons. The summed E-state index contributed by atoms with van der Waals surface area (Å²) in [6, 6.07) is 15.2. The second-order valence-corrected chi connectivity index (χ2v) is 6.53. The molecule has 0 fully saturated rings. The summed E-state index contributed by atoms with van der Waals surface area (Å²) in [4.78, 5) is 8.74. The summed E-state index contributed by atoms with van der Waals surface area (Å²) in [5.41, 5.74) is 4.74. The molecule has 2 aromatic carbocycles. The Labute approximate surface area is 154 Å². The first-order chi connectivity index (χ1) is 12.0. The third kappa shape index (κ3) is 4.14. The Morgan fingerprint density at radius 2 is 1.68 bits per heavy atom. The SMILES string of the molecule is Cc1cc(Br)cc(C)c1Nc1ccnc(Nc2ccc(C#N)cc2)n1. The summed E-state index contributed by atoms with van der Waals surface area (Å²) >= 11 is 3.51. The Hall–Kier alpha value is -2.91. The van der Waals surface area contributed by atoms with Gasteiger partial charge in [-0.2, -0.15) is 10.2 Å². The Kier molecular flexibility index (Phi) is 4.96. The second kappa shape index (κ2) is 7.32. The normalized spacial score (nSPS) is 10.2. The van der Waals surface area contributed by atoms with Crippen LogP contribution in [-0.2, 0) is 0 Å². The third-order valence-electron chi connectivity index (χ3n) is 3.68. The Balaban J connectivity index is 1.81. The molecule has 3 aromatic rings. The van der Waals surface area contributed by atoms with Gasteiger partial charge in [-0.3, -0.25) is 0 Å². The predicted molar refractivity (Wildman–Crippen MR) is 103 cm³/mol. The van der Waals surface area contributed by atoms with E-state index in [1.165, 1.54) is 0 Å². The van der Waals surface area contributed by atoms with Crippen LogP contribution in [-0.4, -0.2) is 9.97 Å². The van der Waals surface area contributed by atoms with Crippen molar-refractivity contribution >= 4 is 39.1 Å². The van der Waals surface area contributed by atoms with Gasteiger partial charge in [-0.1, -0.05) is 15.9 Å². The molecule has 0 saturated carbocycles. The predicted octanol–water partition coefficient (Wildman–Crippen LogP) is 5.21. The standard InChI is InChI=1S/C19H16BrN5/c1-12-9-15(20)10-13(2)18(12)24-17-7-8-22-19(25-17)23-16-5-3-14(11-21)4-6-16/h3-10H,1-2H3,(H2,22,23,24,25). The maximum absolute atomic E-state index is 8.85. The number of aryl methyl sites for hydroxylation is 2. The van der Waals surface area contributed by atoms with Crippen molar-refractivity contribution in [2.75, 3.05) is 10.6 Å². The summed E-state index contributed by atoms with van der Waals surface area (Å²) in [5.74, 6) is 1.20. The molecule has 0 unspecified atom stereocenters. The number of rotatable bonds is 4. The fourth-order valence-corrected chi connectivity index (χ4v) is 3.17. The van der Waals surface area contributed by atoms with Crippen molar-refractivity contribution in [1.82, 2.24) is 9.97 Å². The molecule has 0 aliphatic rings. The molecule has 124 valence electrons. The first-order valence-electron chi connectivity index (χ1n) is 7.69. The van der Waals surface area contributed by atoms with Crippen LogP contribution in [0.5, 0.6) is 0 Å². The van der Waals surface area contributed by atoms with Crippen molar-refractivity contribution in [1.29, 1.82) is 5.26 Å². The zero-order chi connectivity index (χ0) is 17.8. The summed E-state index contributed by atoms with van der Waals surface area (Å²) < 4.78 is 1.05. The lowest BCUT2D eigenvalue weighted by Gasteiger charge is -2.13. The van der Waals surface area contributed by atoms with Crippen LogP contribution in [0.2, 0.25) is 0 Å². The summed E-state index contributed by atoms with van der Waals surface area (Å²) in [5, 5.41) is 15.3. The maximum Gasteiger partial charge on any atom is 0.229 e. The minimum atomic E-state index is 0.488. The molecule has 0 atom stereocenters.